The van der Waals surface area contributed by atoms with Crippen molar-refractivity contribution < 1.29 is 18.3 Å². The molecular formula is C9H8ClF2NO2. The lowest BCUT2D eigenvalue weighted by Gasteiger charge is -2.07. The van der Waals surface area contributed by atoms with E-state index < -0.39 is 12.4 Å². The van der Waals surface area contributed by atoms with E-state index in [0.717, 1.165) is 13.2 Å². The number of aryl methyl sites for hydroxylation is 1. The lowest BCUT2D eigenvalue weighted by Crippen LogP contribution is -2.08. The van der Waals surface area contributed by atoms with Gasteiger partial charge in [-0.2, -0.15) is 0 Å². The lowest BCUT2D eigenvalue weighted by molar-refractivity contribution is 0.0593. The third kappa shape index (κ3) is 2.41. The molecule has 1 aromatic rings. The molecule has 0 radical (unpaired) electrons. The Morgan fingerprint density at radius 3 is 2.67 bits per heavy atom. The van der Waals surface area contributed by atoms with Crippen LogP contribution in [0.4, 0.5) is 8.78 Å². The van der Waals surface area contributed by atoms with Crippen LogP contribution in [-0.4, -0.2) is 18.1 Å². The second-order valence-electron chi connectivity index (χ2n) is 2.79. The molecule has 6 heteroatoms. The summed E-state index contributed by atoms with van der Waals surface area (Å²) >= 11 is 5.62. The maximum atomic E-state index is 12.4. The van der Waals surface area contributed by atoms with Crippen molar-refractivity contribution in [2.75, 3.05) is 7.11 Å². The Morgan fingerprint density at radius 2 is 2.20 bits per heavy atom. The van der Waals surface area contributed by atoms with Crippen LogP contribution in [0.2, 0.25) is 5.02 Å². The number of hydrogen-bond donors (Lipinski definition) is 0. The molecule has 0 spiro atoms. The van der Waals surface area contributed by atoms with E-state index in [1.165, 1.54) is 6.92 Å². The molecular weight excluding hydrogens is 228 g/mol. The van der Waals surface area contributed by atoms with Crippen LogP contribution in [0, 0.1) is 6.92 Å². The zero-order chi connectivity index (χ0) is 11.6. The van der Waals surface area contributed by atoms with E-state index in [2.05, 4.69) is 9.72 Å². The molecule has 0 aliphatic rings. The molecule has 0 bridgehead atoms. The van der Waals surface area contributed by atoms with Gasteiger partial charge in [-0.1, -0.05) is 11.6 Å². The van der Waals surface area contributed by atoms with E-state index in [4.69, 9.17) is 11.6 Å². The molecule has 0 atom stereocenters. The highest BCUT2D eigenvalue weighted by molar-refractivity contribution is 6.33. The number of esters is 1. The van der Waals surface area contributed by atoms with Gasteiger partial charge in [0.1, 0.15) is 0 Å². The smallest absolute Gasteiger partial charge is 0.358 e. The zero-order valence-electron chi connectivity index (χ0n) is 8.05. The second kappa shape index (κ2) is 4.53. The van der Waals surface area contributed by atoms with Crippen molar-refractivity contribution in [3.63, 3.8) is 0 Å². The Labute approximate surface area is 90.0 Å². The average Bonchev–Trinajstić information content (AvgIpc) is 2.19. The van der Waals surface area contributed by atoms with Gasteiger partial charge in [-0.15, -0.1) is 0 Å². The van der Waals surface area contributed by atoms with Crippen LogP contribution in [0.5, 0.6) is 0 Å². The van der Waals surface area contributed by atoms with Gasteiger partial charge in [-0.3, -0.25) is 0 Å². The molecule has 1 rings (SSSR count). The van der Waals surface area contributed by atoms with Gasteiger partial charge < -0.3 is 4.74 Å². The maximum Gasteiger partial charge on any atom is 0.358 e. The Hall–Kier alpha value is -1.23. The summed E-state index contributed by atoms with van der Waals surface area (Å²) < 4.78 is 29.2. The summed E-state index contributed by atoms with van der Waals surface area (Å²) in [7, 11) is 1.16. The van der Waals surface area contributed by atoms with E-state index >= 15 is 0 Å². The van der Waals surface area contributed by atoms with Crippen molar-refractivity contribution in [1.29, 1.82) is 0 Å². The number of alkyl halides is 2. The van der Waals surface area contributed by atoms with Gasteiger partial charge in [0.05, 0.1) is 12.1 Å². The standard InChI is InChI=1S/C9H8ClF2NO2/c1-4-5(8(11)12)3-6(10)7(13-4)9(14)15-2/h3,8H,1-2H3. The van der Waals surface area contributed by atoms with Crippen LogP contribution in [0.3, 0.4) is 0 Å². The predicted octanol–water partition coefficient (Wildman–Crippen LogP) is 2.77. The van der Waals surface area contributed by atoms with Crippen molar-refractivity contribution in [3.8, 4) is 0 Å². The average molecular weight is 236 g/mol. The molecule has 1 heterocycles. The SMILES string of the molecule is COC(=O)c1nc(C)c(C(F)F)cc1Cl. The number of carbonyl (C=O) groups excluding carboxylic acids is 1. The van der Waals surface area contributed by atoms with Crippen molar-refractivity contribution in [3.05, 3.63) is 28.0 Å². The molecule has 0 amide bonds. The van der Waals surface area contributed by atoms with Crippen molar-refractivity contribution >= 4 is 17.6 Å². The first-order valence-corrected chi connectivity index (χ1v) is 4.38. The number of rotatable bonds is 2. The summed E-state index contributed by atoms with van der Waals surface area (Å²) in [5.74, 6) is -0.746. The minimum atomic E-state index is -2.67. The summed E-state index contributed by atoms with van der Waals surface area (Å²) in [6.07, 6.45) is -2.67. The van der Waals surface area contributed by atoms with Gasteiger partial charge in [0.15, 0.2) is 5.69 Å². The van der Waals surface area contributed by atoms with E-state index in [1.807, 2.05) is 0 Å². The van der Waals surface area contributed by atoms with Crippen molar-refractivity contribution in [1.82, 2.24) is 4.98 Å². The quantitative estimate of drug-likeness (QED) is 0.740. The van der Waals surface area contributed by atoms with E-state index in [0.29, 0.717) is 0 Å². The molecule has 82 valence electrons. The van der Waals surface area contributed by atoms with Crippen LogP contribution >= 0.6 is 11.6 Å². The third-order valence-electron chi connectivity index (χ3n) is 1.82. The van der Waals surface area contributed by atoms with Gasteiger partial charge >= 0.3 is 5.97 Å². The van der Waals surface area contributed by atoms with E-state index in [1.54, 1.807) is 0 Å². The number of carbonyl (C=O) groups is 1. The fourth-order valence-electron chi connectivity index (χ4n) is 1.06. The fraction of sp³-hybridized carbons (Fsp3) is 0.333. The summed E-state index contributed by atoms with van der Waals surface area (Å²) in [6, 6.07) is 1.03. The van der Waals surface area contributed by atoms with Gasteiger partial charge in [-0.05, 0) is 13.0 Å². The fourth-order valence-corrected chi connectivity index (χ4v) is 1.29. The van der Waals surface area contributed by atoms with Gasteiger partial charge in [0.2, 0.25) is 0 Å². The molecule has 0 fully saturated rings. The predicted molar refractivity (Wildman–Crippen MR) is 50.3 cm³/mol. The first kappa shape index (κ1) is 11.8. The molecule has 0 unspecified atom stereocenters. The lowest BCUT2D eigenvalue weighted by atomic mass is 10.2. The molecule has 0 aromatic carbocycles. The largest absolute Gasteiger partial charge is 0.464 e. The highest BCUT2D eigenvalue weighted by atomic mass is 35.5. The highest BCUT2D eigenvalue weighted by Crippen LogP contribution is 2.26. The molecule has 3 nitrogen and oxygen atoms in total. The van der Waals surface area contributed by atoms with Crippen LogP contribution in [0.15, 0.2) is 6.07 Å². The molecule has 15 heavy (non-hydrogen) atoms. The second-order valence-corrected chi connectivity index (χ2v) is 3.19. The minimum absolute atomic E-state index is 0.0646. The molecule has 0 aliphatic heterocycles. The number of nitrogens with zero attached hydrogens (tertiary/aromatic N) is 1. The molecule has 0 saturated heterocycles. The van der Waals surface area contributed by atoms with Gasteiger partial charge in [0.25, 0.3) is 6.43 Å². The maximum absolute atomic E-state index is 12.4. The molecule has 0 saturated carbocycles. The summed E-state index contributed by atoms with van der Waals surface area (Å²) in [4.78, 5) is 14.8. The molecule has 0 aliphatic carbocycles. The Kier molecular flexibility index (Phi) is 3.57. The van der Waals surface area contributed by atoms with Crippen LogP contribution in [-0.2, 0) is 4.74 Å². The van der Waals surface area contributed by atoms with E-state index in [-0.39, 0.29) is 22.0 Å². The van der Waals surface area contributed by atoms with E-state index in [9.17, 15) is 13.6 Å². The number of methoxy groups -OCH3 is 1. The monoisotopic (exact) mass is 235 g/mol. The number of ether oxygens (including phenoxy) is 1. The van der Waals surface area contributed by atoms with Crippen LogP contribution in [0.1, 0.15) is 28.2 Å². The van der Waals surface area contributed by atoms with Gasteiger partial charge in [-0.25, -0.2) is 18.6 Å². The molecule has 1 aromatic heterocycles. The Morgan fingerprint density at radius 1 is 1.60 bits per heavy atom. The molecule has 0 N–H and O–H groups in total. The topological polar surface area (TPSA) is 39.2 Å². The van der Waals surface area contributed by atoms with Crippen LogP contribution < -0.4 is 0 Å². The van der Waals surface area contributed by atoms with Gasteiger partial charge in [0, 0.05) is 11.3 Å². The first-order chi connectivity index (χ1) is 6.97. The number of aromatic nitrogens is 1. The van der Waals surface area contributed by atoms with Crippen molar-refractivity contribution in [2.24, 2.45) is 0 Å². The first-order valence-electron chi connectivity index (χ1n) is 4.01. The number of halogens is 3. The summed E-state index contributed by atoms with van der Waals surface area (Å²) in [6.45, 7) is 1.38. The third-order valence-corrected chi connectivity index (χ3v) is 2.11. The Bertz CT molecular complexity index is 396. The van der Waals surface area contributed by atoms with Crippen molar-refractivity contribution in [2.45, 2.75) is 13.3 Å². The number of hydrogen-bond acceptors (Lipinski definition) is 3. The highest BCUT2D eigenvalue weighted by Gasteiger charge is 2.19. The zero-order valence-corrected chi connectivity index (χ0v) is 8.81. The van der Waals surface area contributed by atoms with Crippen LogP contribution in [0.25, 0.3) is 0 Å². The normalized spacial score (nSPS) is 10.5. The number of pyridine rings is 1. The minimum Gasteiger partial charge on any atom is -0.464 e. The Balaban J connectivity index is 3.25. The summed E-state index contributed by atoms with van der Waals surface area (Å²) in [5, 5.41) is -0.136. The summed E-state index contributed by atoms with van der Waals surface area (Å²) in [5.41, 5.74) is -0.372.